The molecule has 2 aromatic rings. The zero-order valence-electron chi connectivity index (χ0n) is 12.3. The van der Waals surface area contributed by atoms with Crippen molar-refractivity contribution in [2.75, 3.05) is 4.72 Å². The highest BCUT2D eigenvalue weighted by atomic mass is 32.2. The van der Waals surface area contributed by atoms with Gasteiger partial charge in [0, 0.05) is 12.2 Å². The molecule has 3 N–H and O–H groups in total. The summed E-state index contributed by atoms with van der Waals surface area (Å²) in [6, 6.07) is 6.97. The number of nitrogens with one attached hydrogen (secondary N) is 1. The van der Waals surface area contributed by atoms with Crippen LogP contribution >= 0.6 is 0 Å². The largest absolute Gasteiger partial charge is 0.326 e. The average Bonchev–Trinajstić information content (AvgIpc) is 2.43. The van der Waals surface area contributed by atoms with Gasteiger partial charge in [-0.05, 0) is 55.7 Å². The summed E-state index contributed by atoms with van der Waals surface area (Å²) in [5, 5.41) is 0. The highest BCUT2D eigenvalue weighted by molar-refractivity contribution is 7.92. The third kappa shape index (κ3) is 3.40. The number of sulfonamides is 1. The molecule has 2 rings (SSSR count). The van der Waals surface area contributed by atoms with E-state index in [-0.39, 0.29) is 4.90 Å². The number of benzene rings is 1. The lowest BCUT2D eigenvalue weighted by molar-refractivity contribution is 0.600. The minimum atomic E-state index is -3.66. The van der Waals surface area contributed by atoms with E-state index >= 15 is 0 Å². The quantitative estimate of drug-likeness (QED) is 0.907. The number of nitrogens with zero attached hydrogens (tertiary/aromatic N) is 1. The van der Waals surface area contributed by atoms with Gasteiger partial charge >= 0.3 is 0 Å². The van der Waals surface area contributed by atoms with Crippen molar-refractivity contribution < 1.29 is 8.42 Å². The molecule has 0 atom stereocenters. The number of nitrogens with two attached hydrogens (primary N) is 1. The van der Waals surface area contributed by atoms with Gasteiger partial charge in [-0.1, -0.05) is 6.07 Å². The van der Waals surface area contributed by atoms with Gasteiger partial charge < -0.3 is 5.73 Å². The van der Waals surface area contributed by atoms with Crippen LogP contribution in [0.25, 0.3) is 0 Å². The molecule has 5 nitrogen and oxygen atoms in total. The normalized spacial score (nSPS) is 11.4. The highest BCUT2D eigenvalue weighted by Gasteiger charge is 2.19. The zero-order chi connectivity index (χ0) is 15.6. The molecule has 0 aliphatic rings. The van der Waals surface area contributed by atoms with E-state index in [0.717, 1.165) is 22.4 Å². The molecule has 0 radical (unpaired) electrons. The Hall–Kier alpha value is -1.92. The molecule has 0 fully saturated rings. The van der Waals surface area contributed by atoms with Crippen LogP contribution < -0.4 is 10.5 Å². The zero-order valence-corrected chi connectivity index (χ0v) is 13.2. The molecule has 6 heteroatoms. The Labute approximate surface area is 125 Å². The fourth-order valence-corrected chi connectivity index (χ4v) is 3.45. The van der Waals surface area contributed by atoms with Gasteiger partial charge in [-0.3, -0.25) is 9.71 Å². The maximum Gasteiger partial charge on any atom is 0.262 e. The average molecular weight is 305 g/mol. The van der Waals surface area contributed by atoms with Crippen molar-refractivity contribution in [3.8, 4) is 0 Å². The van der Waals surface area contributed by atoms with Crippen LogP contribution in [0.4, 0.5) is 5.69 Å². The highest BCUT2D eigenvalue weighted by Crippen LogP contribution is 2.23. The molecule has 0 saturated heterocycles. The van der Waals surface area contributed by atoms with Gasteiger partial charge in [0.15, 0.2) is 0 Å². The van der Waals surface area contributed by atoms with Crippen molar-refractivity contribution >= 4 is 15.7 Å². The second-order valence-electron chi connectivity index (χ2n) is 5.03. The summed E-state index contributed by atoms with van der Waals surface area (Å²) in [6.45, 7) is 5.81. The fraction of sp³-hybridized carbons (Fsp3) is 0.267. The molecule has 1 aromatic carbocycles. The smallest absolute Gasteiger partial charge is 0.262 e. The lowest BCUT2D eigenvalue weighted by Crippen LogP contribution is -2.16. The van der Waals surface area contributed by atoms with Crippen LogP contribution in [0.5, 0.6) is 0 Å². The third-order valence-corrected chi connectivity index (χ3v) is 4.88. The van der Waals surface area contributed by atoms with E-state index in [9.17, 15) is 8.42 Å². The summed E-state index contributed by atoms with van der Waals surface area (Å²) >= 11 is 0. The maximum absolute atomic E-state index is 12.5. The predicted octanol–water partition coefficient (Wildman–Crippen LogP) is 2.27. The maximum atomic E-state index is 12.5. The van der Waals surface area contributed by atoms with Crippen molar-refractivity contribution in [3.63, 3.8) is 0 Å². The number of rotatable bonds is 4. The number of hydrogen-bond donors (Lipinski definition) is 2. The Morgan fingerprint density at radius 3 is 2.48 bits per heavy atom. The number of aryl methyl sites for hydroxylation is 2. The van der Waals surface area contributed by atoms with Gasteiger partial charge in [-0.25, -0.2) is 8.42 Å². The number of hydrogen-bond acceptors (Lipinski definition) is 4. The fourth-order valence-electron chi connectivity index (χ4n) is 2.03. The molecule has 21 heavy (non-hydrogen) atoms. The van der Waals surface area contributed by atoms with E-state index < -0.39 is 10.0 Å². The van der Waals surface area contributed by atoms with E-state index in [1.54, 1.807) is 25.1 Å². The third-order valence-electron chi connectivity index (χ3n) is 3.37. The van der Waals surface area contributed by atoms with Crippen molar-refractivity contribution in [2.24, 2.45) is 5.73 Å². The second-order valence-corrected chi connectivity index (χ2v) is 6.68. The first-order chi connectivity index (χ1) is 9.83. The Morgan fingerprint density at radius 2 is 1.90 bits per heavy atom. The first-order valence-electron chi connectivity index (χ1n) is 6.59. The summed E-state index contributed by atoms with van der Waals surface area (Å²) in [4.78, 5) is 4.34. The number of pyridine rings is 1. The van der Waals surface area contributed by atoms with Crippen LogP contribution in [0, 0.1) is 20.8 Å². The van der Waals surface area contributed by atoms with Crippen LogP contribution in [0.15, 0.2) is 35.4 Å². The van der Waals surface area contributed by atoms with E-state index in [4.69, 9.17) is 5.73 Å². The Bertz CT molecular complexity index is 753. The van der Waals surface area contributed by atoms with Crippen LogP contribution in [-0.4, -0.2) is 13.4 Å². The number of aromatic nitrogens is 1. The molecule has 1 aromatic heterocycles. The molecule has 1 heterocycles. The van der Waals surface area contributed by atoms with Gasteiger partial charge in [-0.2, -0.15) is 0 Å². The van der Waals surface area contributed by atoms with Gasteiger partial charge in [0.05, 0.1) is 16.8 Å². The van der Waals surface area contributed by atoms with Gasteiger partial charge in [0.25, 0.3) is 10.0 Å². The summed E-state index contributed by atoms with van der Waals surface area (Å²) in [7, 11) is -3.66. The monoisotopic (exact) mass is 305 g/mol. The van der Waals surface area contributed by atoms with E-state index in [1.807, 2.05) is 19.9 Å². The van der Waals surface area contributed by atoms with Crippen LogP contribution in [-0.2, 0) is 16.6 Å². The van der Waals surface area contributed by atoms with Crippen LogP contribution in [0.1, 0.15) is 22.4 Å². The summed E-state index contributed by atoms with van der Waals surface area (Å²) in [6.07, 6.45) is 1.50. The predicted molar refractivity (Wildman–Crippen MR) is 83.6 cm³/mol. The lowest BCUT2D eigenvalue weighted by atomic mass is 10.1. The van der Waals surface area contributed by atoms with Gasteiger partial charge in [0.1, 0.15) is 0 Å². The Morgan fingerprint density at radius 1 is 1.19 bits per heavy atom. The summed E-state index contributed by atoms with van der Waals surface area (Å²) in [5.74, 6) is 0. The molecule has 0 saturated carbocycles. The first kappa shape index (κ1) is 15.5. The van der Waals surface area contributed by atoms with Crippen molar-refractivity contribution in [1.82, 2.24) is 4.98 Å². The Balaban J connectivity index is 2.44. The van der Waals surface area contributed by atoms with Crippen LogP contribution in [0.2, 0.25) is 0 Å². The summed E-state index contributed by atoms with van der Waals surface area (Å²) < 4.78 is 27.6. The van der Waals surface area contributed by atoms with Crippen LogP contribution in [0.3, 0.4) is 0 Å². The topological polar surface area (TPSA) is 85.1 Å². The SMILES string of the molecule is Cc1ccc(NS(=O)(=O)c2cc(CN)cc(C)c2C)cn1. The molecular weight excluding hydrogens is 286 g/mol. The molecule has 0 unspecified atom stereocenters. The molecule has 0 bridgehead atoms. The first-order valence-corrected chi connectivity index (χ1v) is 8.07. The molecule has 0 amide bonds. The molecule has 0 spiro atoms. The lowest BCUT2D eigenvalue weighted by Gasteiger charge is -2.13. The second kappa shape index (κ2) is 5.83. The van der Waals surface area contributed by atoms with E-state index in [1.165, 1.54) is 6.20 Å². The molecule has 0 aliphatic heterocycles. The molecule has 0 aliphatic carbocycles. The van der Waals surface area contributed by atoms with Crippen molar-refractivity contribution in [1.29, 1.82) is 0 Å². The summed E-state index contributed by atoms with van der Waals surface area (Å²) in [5.41, 5.74) is 9.31. The van der Waals surface area contributed by atoms with Gasteiger partial charge in [-0.15, -0.1) is 0 Å². The standard InChI is InChI=1S/C15H19N3O2S/c1-10-6-13(8-16)7-15(12(10)3)21(19,20)18-14-5-4-11(2)17-9-14/h4-7,9,18H,8,16H2,1-3H3. The Kier molecular flexibility index (Phi) is 4.29. The molecular formula is C15H19N3O2S. The number of anilines is 1. The van der Waals surface area contributed by atoms with Crippen molar-refractivity contribution in [3.05, 3.63) is 52.8 Å². The minimum Gasteiger partial charge on any atom is -0.326 e. The van der Waals surface area contributed by atoms with Gasteiger partial charge in [0.2, 0.25) is 0 Å². The van der Waals surface area contributed by atoms with Crippen molar-refractivity contribution in [2.45, 2.75) is 32.2 Å². The van der Waals surface area contributed by atoms with E-state index in [0.29, 0.717) is 12.2 Å². The van der Waals surface area contributed by atoms with E-state index in [2.05, 4.69) is 9.71 Å². The minimum absolute atomic E-state index is 0.253. The molecule has 112 valence electrons.